The monoisotopic (exact) mass is 451 g/mol. The minimum atomic E-state index is -3.55. The van der Waals surface area contributed by atoms with E-state index in [1.807, 2.05) is 31.2 Å². The molecule has 9 nitrogen and oxygen atoms in total. The first-order valence-electron chi connectivity index (χ1n) is 9.79. The summed E-state index contributed by atoms with van der Waals surface area (Å²) >= 11 is 0. The molecule has 0 aliphatic heterocycles. The number of benzene rings is 2. The largest absolute Gasteiger partial charge is 0.492 e. The van der Waals surface area contributed by atoms with Crippen LogP contribution in [-0.4, -0.2) is 40.8 Å². The third-order valence-electron chi connectivity index (χ3n) is 4.30. The van der Waals surface area contributed by atoms with Crippen LogP contribution in [0.25, 0.3) is 5.82 Å². The number of hydrogen-bond acceptors (Lipinski definition) is 7. The van der Waals surface area contributed by atoms with Crippen molar-refractivity contribution < 1.29 is 17.9 Å². The summed E-state index contributed by atoms with van der Waals surface area (Å²) in [6.07, 6.45) is 1.80. The van der Waals surface area contributed by atoms with Crippen molar-refractivity contribution in [3.8, 4) is 23.2 Å². The van der Waals surface area contributed by atoms with E-state index < -0.39 is 10.0 Å². The number of ether oxygens (including phenoxy) is 2. The summed E-state index contributed by atoms with van der Waals surface area (Å²) in [4.78, 5) is 0. The van der Waals surface area contributed by atoms with Crippen LogP contribution in [0.2, 0.25) is 0 Å². The maximum Gasteiger partial charge on any atom is 0.238 e. The lowest BCUT2D eigenvalue weighted by atomic mass is 10.3. The van der Waals surface area contributed by atoms with E-state index in [0.29, 0.717) is 28.9 Å². The lowest BCUT2D eigenvalue weighted by Gasteiger charge is -2.10. The Kier molecular flexibility index (Phi) is 6.31. The molecule has 0 fully saturated rings. The van der Waals surface area contributed by atoms with Crippen LogP contribution in [0.15, 0.2) is 79.0 Å². The van der Waals surface area contributed by atoms with Gasteiger partial charge in [0.1, 0.15) is 23.9 Å². The van der Waals surface area contributed by atoms with Crippen LogP contribution in [0.3, 0.4) is 0 Å². The first-order chi connectivity index (χ1) is 15.5. The predicted octanol–water partition coefficient (Wildman–Crippen LogP) is 3.58. The first kappa shape index (κ1) is 21.3. The fourth-order valence-corrected chi connectivity index (χ4v) is 3.66. The quantitative estimate of drug-likeness (QED) is 0.414. The molecule has 0 radical (unpaired) electrons. The van der Waals surface area contributed by atoms with E-state index in [1.54, 1.807) is 59.4 Å². The highest BCUT2D eigenvalue weighted by Crippen LogP contribution is 2.22. The Labute approximate surface area is 185 Å². The third-order valence-corrected chi connectivity index (χ3v) is 5.55. The molecule has 1 N–H and O–H groups in total. The summed E-state index contributed by atoms with van der Waals surface area (Å²) < 4.78 is 39.8. The molecule has 2 aromatic heterocycles. The number of para-hydroxylation sites is 1. The van der Waals surface area contributed by atoms with Crippen LogP contribution in [-0.2, 0) is 10.0 Å². The number of nitrogens with zero attached hydrogens (tertiary/aromatic N) is 4. The van der Waals surface area contributed by atoms with Crippen molar-refractivity contribution in [1.82, 2.24) is 20.0 Å². The van der Waals surface area contributed by atoms with Crippen LogP contribution in [0.4, 0.5) is 5.69 Å². The molecule has 0 unspecified atom stereocenters. The zero-order valence-electron chi connectivity index (χ0n) is 17.2. The van der Waals surface area contributed by atoms with Gasteiger partial charge in [-0.1, -0.05) is 18.2 Å². The highest BCUT2D eigenvalue weighted by molar-refractivity contribution is 7.92. The highest BCUT2D eigenvalue weighted by atomic mass is 32.2. The third kappa shape index (κ3) is 5.82. The molecule has 2 aromatic carbocycles. The van der Waals surface area contributed by atoms with E-state index in [9.17, 15) is 8.42 Å². The first-order valence-corrected chi connectivity index (χ1v) is 11.4. The zero-order chi connectivity index (χ0) is 22.4. The van der Waals surface area contributed by atoms with E-state index in [-0.39, 0.29) is 12.4 Å². The van der Waals surface area contributed by atoms with Crippen LogP contribution >= 0.6 is 0 Å². The Bertz CT molecular complexity index is 1260. The summed E-state index contributed by atoms with van der Waals surface area (Å²) in [6, 6.07) is 20.9. The van der Waals surface area contributed by atoms with Crippen molar-refractivity contribution in [3.05, 3.63) is 84.7 Å². The number of rotatable bonds is 9. The molecule has 4 rings (SSSR count). The van der Waals surface area contributed by atoms with Gasteiger partial charge in [0.2, 0.25) is 15.9 Å². The number of nitrogens with one attached hydrogen (secondary N) is 1. The Balaban J connectivity index is 1.30. The average Bonchev–Trinajstić information content (AvgIpc) is 3.22. The van der Waals surface area contributed by atoms with Crippen LogP contribution in [0, 0.1) is 6.92 Å². The molecule has 0 atom stereocenters. The van der Waals surface area contributed by atoms with Crippen LogP contribution in [0.5, 0.6) is 17.4 Å². The Morgan fingerprint density at radius 3 is 2.34 bits per heavy atom. The molecule has 0 aliphatic carbocycles. The molecule has 0 saturated heterocycles. The van der Waals surface area contributed by atoms with E-state index in [0.717, 1.165) is 5.69 Å². The van der Waals surface area contributed by atoms with Crippen LogP contribution in [0.1, 0.15) is 5.69 Å². The van der Waals surface area contributed by atoms with Crippen molar-refractivity contribution in [2.24, 2.45) is 0 Å². The lowest BCUT2D eigenvalue weighted by Crippen LogP contribution is -2.21. The second kappa shape index (κ2) is 9.48. The predicted molar refractivity (Wildman–Crippen MR) is 120 cm³/mol. The number of aromatic nitrogens is 4. The van der Waals surface area contributed by atoms with Gasteiger partial charge in [-0.25, -0.2) is 13.1 Å². The van der Waals surface area contributed by atoms with Gasteiger partial charge >= 0.3 is 0 Å². The summed E-state index contributed by atoms with van der Waals surface area (Å²) in [6.45, 7) is 1.94. The second-order valence-corrected chi connectivity index (χ2v) is 8.68. The van der Waals surface area contributed by atoms with Gasteiger partial charge in [-0.15, -0.1) is 10.2 Å². The summed E-state index contributed by atoms with van der Waals surface area (Å²) in [5.74, 6) is 1.84. The summed E-state index contributed by atoms with van der Waals surface area (Å²) in [5.41, 5.74) is 1.30. The van der Waals surface area contributed by atoms with Crippen LogP contribution < -0.4 is 14.2 Å². The van der Waals surface area contributed by atoms with Crippen molar-refractivity contribution in [3.63, 3.8) is 0 Å². The summed E-state index contributed by atoms with van der Waals surface area (Å²) in [7, 11) is -3.55. The summed E-state index contributed by atoms with van der Waals surface area (Å²) in [5, 5.41) is 12.4. The number of sulfonamides is 1. The Morgan fingerprint density at radius 2 is 1.69 bits per heavy atom. The average molecular weight is 452 g/mol. The van der Waals surface area contributed by atoms with Gasteiger partial charge in [0.25, 0.3) is 0 Å². The van der Waals surface area contributed by atoms with E-state index >= 15 is 0 Å². The Morgan fingerprint density at radius 1 is 0.906 bits per heavy atom. The maximum atomic E-state index is 12.3. The molecule has 0 bridgehead atoms. The molecule has 0 aliphatic rings. The number of anilines is 1. The van der Waals surface area contributed by atoms with Gasteiger partial charge in [-0.3, -0.25) is 4.72 Å². The van der Waals surface area contributed by atoms with Gasteiger partial charge in [-0.2, -0.15) is 5.10 Å². The van der Waals surface area contributed by atoms with Gasteiger partial charge in [0.15, 0.2) is 5.82 Å². The minimum absolute atomic E-state index is 0.0489. The molecule has 32 heavy (non-hydrogen) atoms. The number of hydrogen-bond donors (Lipinski definition) is 1. The SMILES string of the molecule is Cc1ccn(-c2ccc(Oc3ccc(NS(=O)(=O)CCOc4ccccc4)cc3)nn2)n1. The number of aryl methyl sites for hydroxylation is 1. The fraction of sp³-hybridized carbons (Fsp3) is 0.136. The smallest absolute Gasteiger partial charge is 0.238 e. The molecule has 0 amide bonds. The normalized spacial score (nSPS) is 11.2. The molecule has 164 valence electrons. The molecule has 0 spiro atoms. The van der Waals surface area contributed by atoms with E-state index in [4.69, 9.17) is 9.47 Å². The topological polar surface area (TPSA) is 108 Å². The lowest BCUT2D eigenvalue weighted by molar-refractivity contribution is 0.341. The molecule has 2 heterocycles. The highest BCUT2D eigenvalue weighted by Gasteiger charge is 2.11. The van der Waals surface area contributed by atoms with E-state index in [2.05, 4.69) is 20.0 Å². The Hall–Kier alpha value is -3.92. The standard InChI is InChI=1S/C22H21N5O4S/c1-17-13-14-27(25-17)21-11-12-22(24-23-21)31-20-9-7-18(8-10-20)26-32(28,29)16-15-30-19-5-3-2-4-6-19/h2-14,26H,15-16H2,1H3. The van der Waals surface area contributed by atoms with Crippen molar-refractivity contribution in [2.75, 3.05) is 17.1 Å². The second-order valence-electron chi connectivity index (χ2n) is 6.84. The van der Waals surface area contributed by atoms with Crippen molar-refractivity contribution >= 4 is 15.7 Å². The minimum Gasteiger partial charge on any atom is -0.492 e. The van der Waals surface area contributed by atoms with Gasteiger partial charge < -0.3 is 9.47 Å². The molecule has 4 aromatic rings. The van der Waals surface area contributed by atoms with Crippen molar-refractivity contribution in [2.45, 2.75) is 6.92 Å². The molecular weight excluding hydrogens is 430 g/mol. The molecule has 10 heteroatoms. The zero-order valence-corrected chi connectivity index (χ0v) is 18.1. The van der Waals surface area contributed by atoms with Gasteiger partial charge in [0.05, 0.1) is 5.69 Å². The van der Waals surface area contributed by atoms with Gasteiger partial charge in [-0.05, 0) is 55.5 Å². The maximum absolute atomic E-state index is 12.3. The van der Waals surface area contributed by atoms with Crippen molar-refractivity contribution in [1.29, 1.82) is 0 Å². The van der Waals surface area contributed by atoms with E-state index in [1.165, 1.54) is 0 Å². The molecular formula is C22H21N5O4S. The van der Waals surface area contributed by atoms with Gasteiger partial charge in [0, 0.05) is 18.0 Å². The molecule has 0 saturated carbocycles. The fourth-order valence-electron chi connectivity index (χ4n) is 2.76.